The Balaban J connectivity index is 1.36. The van der Waals surface area contributed by atoms with E-state index < -0.39 is 0 Å². The molecule has 0 radical (unpaired) electrons. The summed E-state index contributed by atoms with van der Waals surface area (Å²) in [7, 11) is 0. The summed E-state index contributed by atoms with van der Waals surface area (Å²) in [5, 5.41) is 0. The summed E-state index contributed by atoms with van der Waals surface area (Å²) in [6, 6.07) is 24.6. The molecule has 0 spiro atoms. The Bertz CT molecular complexity index is 1310. The molecular weight excluding hydrogens is 422 g/mol. The number of nitrogens with zero attached hydrogens (tertiary/aromatic N) is 3. The number of hydrogen-bond donors (Lipinski definition) is 0. The number of carbonyl (C=O) groups is 1. The van der Waals surface area contributed by atoms with Crippen LogP contribution in [0.25, 0.3) is 11.0 Å². The Hall–Kier alpha value is -3.60. The van der Waals surface area contributed by atoms with Gasteiger partial charge in [-0.1, -0.05) is 49.4 Å². The topological polar surface area (TPSA) is 47.4 Å². The van der Waals surface area contributed by atoms with E-state index in [2.05, 4.69) is 60.9 Å². The van der Waals surface area contributed by atoms with Gasteiger partial charge < -0.3 is 14.2 Å². The molecule has 5 heteroatoms. The highest BCUT2D eigenvalue weighted by atomic mass is 16.5. The Morgan fingerprint density at radius 3 is 2.71 bits per heavy atom. The highest BCUT2D eigenvalue weighted by molar-refractivity contribution is 5.97. The van der Waals surface area contributed by atoms with Crippen molar-refractivity contribution in [1.29, 1.82) is 0 Å². The smallest absolute Gasteiger partial charge is 0.227 e. The maximum atomic E-state index is 13.1. The average molecular weight is 454 g/mol. The Morgan fingerprint density at radius 2 is 1.85 bits per heavy atom. The predicted molar refractivity (Wildman–Crippen MR) is 137 cm³/mol. The number of imidazole rings is 1. The van der Waals surface area contributed by atoms with Crippen LogP contribution in [0.15, 0.2) is 72.8 Å². The van der Waals surface area contributed by atoms with E-state index in [0.717, 1.165) is 47.7 Å². The normalized spacial score (nSPS) is 15.9. The zero-order valence-electron chi connectivity index (χ0n) is 19.9. The van der Waals surface area contributed by atoms with Gasteiger partial charge >= 0.3 is 0 Å². The molecule has 0 N–H and O–H groups in total. The van der Waals surface area contributed by atoms with Crippen molar-refractivity contribution in [1.82, 2.24) is 9.55 Å². The van der Waals surface area contributed by atoms with E-state index >= 15 is 0 Å². The van der Waals surface area contributed by atoms with Crippen LogP contribution in [0.4, 0.5) is 5.69 Å². The summed E-state index contributed by atoms with van der Waals surface area (Å²) in [4.78, 5) is 20.0. The standard InChI is InChI=1S/C29H31N3O2/c1-3-22-11-4-6-14-26(22)32-20-23(19-28(32)33)29-30-25-13-5-7-15-27(25)31(29)16-9-17-34-24-12-8-10-21(2)18-24/h4-8,10-15,18,23H,3,9,16-17,19-20H2,1-2H3/t23-/m1/s1. The number of benzene rings is 3. The lowest BCUT2D eigenvalue weighted by Crippen LogP contribution is -2.25. The van der Waals surface area contributed by atoms with E-state index in [0.29, 0.717) is 19.6 Å². The fourth-order valence-corrected chi connectivity index (χ4v) is 4.95. The average Bonchev–Trinajstić information content (AvgIpc) is 3.42. The van der Waals surface area contributed by atoms with Crippen LogP contribution >= 0.6 is 0 Å². The van der Waals surface area contributed by atoms with Gasteiger partial charge in [-0.3, -0.25) is 4.79 Å². The van der Waals surface area contributed by atoms with Crippen molar-refractivity contribution in [3.05, 3.63) is 89.7 Å². The van der Waals surface area contributed by atoms with Crippen molar-refractivity contribution in [3.8, 4) is 5.75 Å². The molecule has 1 saturated heterocycles. The second kappa shape index (κ2) is 9.72. The maximum Gasteiger partial charge on any atom is 0.227 e. The number of rotatable bonds is 8. The van der Waals surface area contributed by atoms with Gasteiger partial charge in [0.25, 0.3) is 0 Å². The molecule has 1 aromatic heterocycles. The summed E-state index contributed by atoms with van der Waals surface area (Å²) >= 11 is 0. The Kier molecular flexibility index (Phi) is 6.35. The van der Waals surface area contributed by atoms with Crippen LogP contribution in [-0.2, 0) is 17.8 Å². The molecule has 1 atom stereocenters. The van der Waals surface area contributed by atoms with E-state index in [1.54, 1.807) is 0 Å². The molecule has 1 aliphatic rings. The molecule has 0 saturated carbocycles. The lowest BCUT2D eigenvalue weighted by atomic mass is 10.1. The lowest BCUT2D eigenvalue weighted by molar-refractivity contribution is -0.117. The third-order valence-electron chi connectivity index (χ3n) is 6.62. The van der Waals surface area contributed by atoms with E-state index in [-0.39, 0.29) is 11.8 Å². The zero-order chi connectivity index (χ0) is 23.5. The van der Waals surface area contributed by atoms with Crippen LogP contribution < -0.4 is 9.64 Å². The quantitative estimate of drug-likeness (QED) is 0.312. The summed E-state index contributed by atoms with van der Waals surface area (Å²) in [6.45, 7) is 6.31. The van der Waals surface area contributed by atoms with Gasteiger partial charge in [0.2, 0.25) is 5.91 Å². The number of hydrogen-bond acceptors (Lipinski definition) is 3. The van der Waals surface area contributed by atoms with Gasteiger partial charge in [-0.2, -0.15) is 0 Å². The van der Waals surface area contributed by atoms with Gasteiger partial charge in [0.05, 0.1) is 17.6 Å². The number of aryl methyl sites for hydroxylation is 3. The van der Waals surface area contributed by atoms with Crippen molar-refractivity contribution in [2.75, 3.05) is 18.1 Å². The first kappa shape index (κ1) is 22.2. The number of aromatic nitrogens is 2. The summed E-state index contributed by atoms with van der Waals surface area (Å²) < 4.78 is 8.28. The van der Waals surface area contributed by atoms with Gasteiger partial charge in [0, 0.05) is 31.1 Å². The monoisotopic (exact) mass is 453 g/mol. The molecule has 3 aromatic carbocycles. The van der Waals surface area contributed by atoms with Crippen LogP contribution in [0.1, 0.15) is 42.6 Å². The minimum absolute atomic E-state index is 0.0718. The molecule has 1 aliphatic heterocycles. The third-order valence-corrected chi connectivity index (χ3v) is 6.62. The van der Waals surface area contributed by atoms with Crippen molar-refractivity contribution in [2.24, 2.45) is 0 Å². The van der Waals surface area contributed by atoms with Gasteiger partial charge in [0.1, 0.15) is 11.6 Å². The molecule has 1 fully saturated rings. The predicted octanol–water partition coefficient (Wildman–Crippen LogP) is 5.90. The number of amides is 1. The molecule has 4 aromatic rings. The molecular formula is C29H31N3O2. The fraction of sp³-hybridized carbons (Fsp3) is 0.310. The van der Waals surface area contributed by atoms with Crippen molar-refractivity contribution < 1.29 is 9.53 Å². The van der Waals surface area contributed by atoms with Crippen LogP contribution in [0, 0.1) is 6.92 Å². The van der Waals surface area contributed by atoms with E-state index in [4.69, 9.17) is 9.72 Å². The minimum atomic E-state index is 0.0718. The van der Waals surface area contributed by atoms with Crippen molar-refractivity contribution in [3.63, 3.8) is 0 Å². The highest BCUT2D eigenvalue weighted by Gasteiger charge is 2.35. The molecule has 34 heavy (non-hydrogen) atoms. The maximum absolute atomic E-state index is 13.1. The minimum Gasteiger partial charge on any atom is -0.494 e. The van der Waals surface area contributed by atoms with Crippen LogP contribution in [0.2, 0.25) is 0 Å². The molecule has 0 bridgehead atoms. The number of carbonyl (C=O) groups excluding carboxylic acids is 1. The first-order chi connectivity index (χ1) is 16.6. The SMILES string of the molecule is CCc1ccccc1N1C[C@H](c2nc3ccccc3n2CCCOc2cccc(C)c2)CC1=O. The van der Waals surface area contributed by atoms with Gasteiger partial charge in [0.15, 0.2) is 0 Å². The largest absolute Gasteiger partial charge is 0.494 e. The molecule has 0 unspecified atom stereocenters. The van der Waals surface area contributed by atoms with Crippen molar-refractivity contribution in [2.45, 2.75) is 45.6 Å². The summed E-state index contributed by atoms with van der Waals surface area (Å²) in [5.74, 6) is 2.15. The van der Waals surface area contributed by atoms with Crippen LogP contribution in [0.3, 0.4) is 0 Å². The van der Waals surface area contributed by atoms with Gasteiger partial charge in [-0.15, -0.1) is 0 Å². The van der Waals surface area contributed by atoms with E-state index in [9.17, 15) is 4.79 Å². The highest BCUT2D eigenvalue weighted by Crippen LogP contribution is 2.34. The van der Waals surface area contributed by atoms with Crippen molar-refractivity contribution >= 4 is 22.6 Å². The molecule has 5 rings (SSSR count). The fourth-order valence-electron chi connectivity index (χ4n) is 4.95. The van der Waals surface area contributed by atoms with Crippen LogP contribution in [0.5, 0.6) is 5.75 Å². The second-order valence-corrected chi connectivity index (χ2v) is 9.02. The third kappa shape index (κ3) is 4.43. The zero-order valence-corrected chi connectivity index (χ0v) is 19.9. The molecule has 1 amide bonds. The molecule has 5 nitrogen and oxygen atoms in total. The van der Waals surface area contributed by atoms with Gasteiger partial charge in [-0.05, 0) is 61.2 Å². The van der Waals surface area contributed by atoms with E-state index in [1.807, 2.05) is 35.2 Å². The number of anilines is 1. The second-order valence-electron chi connectivity index (χ2n) is 9.02. The van der Waals surface area contributed by atoms with Crippen LogP contribution in [-0.4, -0.2) is 28.6 Å². The Morgan fingerprint density at radius 1 is 1.03 bits per heavy atom. The Labute approximate surface area is 201 Å². The summed E-state index contributed by atoms with van der Waals surface area (Å²) in [6.07, 6.45) is 2.26. The van der Waals surface area contributed by atoms with E-state index in [1.165, 1.54) is 11.1 Å². The molecule has 174 valence electrons. The molecule has 0 aliphatic carbocycles. The number of ether oxygens (including phenoxy) is 1. The first-order valence-electron chi connectivity index (χ1n) is 12.2. The lowest BCUT2D eigenvalue weighted by Gasteiger charge is -2.20. The number of fused-ring (bicyclic) bond motifs is 1. The first-order valence-corrected chi connectivity index (χ1v) is 12.2. The number of para-hydroxylation sites is 3. The molecule has 2 heterocycles. The van der Waals surface area contributed by atoms with Gasteiger partial charge in [-0.25, -0.2) is 4.98 Å². The summed E-state index contributed by atoms with van der Waals surface area (Å²) in [5.41, 5.74) is 5.54.